The first-order chi connectivity index (χ1) is 18.5. The Labute approximate surface area is 240 Å². The fourth-order valence-corrected chi connectivity index (χ4v) is 5.39. The number of rotatable bonds is 3. The van der Waals surface area contributed by atoms with Crippen LogP contribution >= 0.6 is 0 Å². The number of hydrogen-bond donors (Lipinski definition) is 0. The van der Waals surface area contributed by atoms with Crippen molar-refractivity contribution in [3.8, 4) is 11.1 Å². The highest BCUT2D eigenvalue weighted by atomic mass is 14.3. The van der Waals surface area contributed by atoms with Gasteiger partial charge >= 0.3 is 0 Å². The van der Waals surface area contributed by atoms with Gasteiger partial charge in [-0.05, 0) is 84.1 Å². The third-order valence-electron chi connectivity index (χ3n) is 7.45. The summed E-state index contributed by atoms with van der Waals surface area (Å²) >= 11 is 0. The van der Waals surface area contributed by atoms with Gasteiger partial charge in [0.15, 0.2) is 0 Å². The van der Waals surface area contributed by atoms with E-state index in [0.717, 1.165) is 23.7 Å². The Bertz CT molecular complexity index is 768. The van der Waals surface area contributed by atoms with E-state index >= 15 is 0 Å². The van der Waals surface area contributed by atoms with Crippen LogP contribution in [-0.2, 0) is 0 Å². The quantitative estimate of drug-likeness (QED) is 0.352. The molecule has 38 heavy (non-hydrogen) atoms. The van der Waals surface area contributed by atoms with E-state index in [2.05, 4.69) is 90.2 Å². The molecule has 0 radical (unpaired) electrons. The van der Waals surface area contributed by atoms with E-state index in [4.69, 9.17) is 0 Å². The molecule has 0 aliphatic heterocycles. The molecule has 4 rings (SSSR count). The minimum Gasteiger partial charge on any atom is -0.106 e. The minimum absolute atomic E-state index is 0.782. The molecular weight excluding hydrogens is 456 g/mol. The maximum atomic E-state index is 3.00. The Balaban J connectivity index is 0. The van der Waals surface area contributed by atoms with Crippen molar-refractivity contribution >= 4 is 0 Å². The van der Waals surface area contributed by atoms with Crippen molar-refractivity contribution in [2.24, 2.45) is 11.8 Å². The molecule has 0 N–H and O–H groups in total. The maximum absolute atomic E-state index is 3.00. The molecule has 0 heteroatoms. The monoisotopic (exact) mass is 523 g/mol. The van der Waals surface area contributed by atoms with E-state index in [0.29, 0.717) is 0 Å². The van der Waals surface area contributed by atoms with Crippen molar-refractivity contribution in [3.63, 3.8) is 0 Å². The highest BCUT2D eigenvalue weighted by Crippen LogP contribution is 2.38. The number of hydrogen-bond acceptors (Lipinski definition) is 0. The van der Waals surface area contributed by atoms with Gasteiger partial charge in [0.1, 0.15) is 0 Å². The lowest BCUT2D eigenvalue weighted by Crippen LogP contribution is -2.11. The van der Waals surface area contributed by atoms with Crippen LogP contribution in [-0.4, -0.2) is 0 Å². The molecule has 0 spiro atoms. The lowest BCUT2D eigenvalue weighted by Gasteiger charge is -2.27. The normalized spacial score (nSPS) is 21.6. The Morgan fingerprint density at radius 1 is 0.579 bits per heavy atom. The molecule has 0 unspecified atom stereocenters. The first kappa shape index (κ1) is 38.3. The Morgan fingerprint density at radius 3 is 1.29 bits per heavy atom. The van der Waals surface area contributed by atoms with E-state index in [9.17, 15) is 0 Å². The Kier molecular flexibility index (Phi) is 24.4. The van der Waals surface area contributed by atoms with Gasteiger partial charge in [0.25, 0.3) is 0 Å². The Hall–Kier alpha value is -1.82. The summed E-state index contributed by atoms with van der Waals surface area (Å²) in [6, 6.07) is 16.7. The molecule has 0 saturated heterocycles. The third-order valence-corrected chi connectivity index (χ3v) is 7.45. The predicted octanol–water partition coefficient (Wildman–Crippen LogP) is 13.5. The molecular formula is C38H66. The van der Waals surface area contributed by atoms with E-state index in [1.54, 1.807) is 11.1 Å². The summed E-state index contributed by atoms with van der Waals surface area (Å²) in [5.41, 5.74) is 7.34. The van der Waals surface area contributed by atoms with Crippen LogP contribution < -0.4 is 0 Å². The summed E-state index contributed by atoms with van der Waals surface area (Å²) in [7, 11) is 0. The standard InChI is InChI=1S/C27H36.C3H8.3C2H6.C2H4/c1-19-4-8-22(9-5-19)23-12-14-25(15-13-23)27-17-16-26(18-21(27)3)24-10-6-20(2)7-11-24;1-3-2;4*1-2/h12-20,22,24H,4-11H2,1-3H3;3H2,1-2H3;3*1-2H3;1-2H2. The molecule has 0 aromatic heterocycles. The van der Waals surface area contributed by atoms with Gasteiger partial charge in [-0.25, -0.2) is 0 Å². The largest absolute Gasteiger partial charge is 0.106 e. The fraction of sp³-hybridized carbons (Fsp3) is 0.632. The first-order valence-electron chi connectivity index (χ1n) is 16.2. The summed E-state index contributed by atoms with van der Waals surface area (Å²) in [6.07, 6.45) is 12.3. The van der Waals surface area contributed by atoms with Crippen molar-refractivity contribution in [2.45, 2.75) is 146 Å². The van der Waals surface area contributed by atoms with Crippen LogP contribution in [0, 0.1) is 18.8 Å². The fourth-order valence-electron chi connectivity index (χ4n) is 5.39. The van der Waals surface area contributed by atoms with Crippen molar-refractivity contribution in [1.29, 1.82) is 0 Å². The van der Waals surface area contributed by atoms with Crippen LogP contribution in [0.1, 0.15) is 156 Å². The molecule has 0 atom stereocenters. The zero-order valence-electron chi connectivity index (χ0n) is 27.6. The smallest absolute Gasteiger partial charge is 0.0155 e. The van der Waals surface area contributed by atoms with Crippen molar-refractivity contribution in [2.75, 3.05) is 0 Å². The van der Waals surface area contributed by atoms with Crippen LogP contribution in [0.25, 0.3) is 11.1 Å². The van der Waals surface area contributed by atoms with Crippen molar-refractivity contribution < 1.29 is 0 Å². The molecule has 0 bridgehead atoms. The maximum Gasteiger partial charge on any atom is -0.0155 e. The molecule has 2 fully saturated rings. The van der Waals surface area contributed by atoms with E-state index in [1.807, 2.05) is 41.5 Å². The molecule has 218 valence electrons. The van der Waals surface area contributed by atoms with Gasteiger partial charge in [0.05, 0.1) is 0 Å². The zero-order valence-corrected chi connectivity index (χ0v) is 27.6. The lowest BCUT2D eigenvalue weighted by molar-refractivity contribution is 0.348. The number of benzene rings is 2. The van der Waals surface area contributed by atoms with E-state index in [1.165, 1.54) is 74.5 Å². The summed E-state index contributed by atoms with van der Waals surface area (Å²) in [4.78, 5) is 0. The van der Waals surface area contributed by atoms with E-state index < -0.39 is 0 Å². The molecule has 2 aliphatic rings. The molecule has 0 nitrogen and oxygen atoms in total. The zero-order chi connectivity index (χ0) is 29.5. The lowest BCUT2D eigenvalue weighted by atomic mass is 9.78. The van der Waals surface area contributed by atoms with Crippen LogP contribution in [0.4, 0.5) is 0 Å². The van der Waals surface area contributed by atoms with Crippen LogP contribution in [0.2, 0.25) is 0 Å². The molecule has 2 aliphatic carbocycles. The van der Waals surface area contributed by atoms with Gasteiger partial charge in [-0.15, -0.1) is 13.2 Å². The predicted molar refractivity (Wildman–Crippen MR) is 179 cm³/mol. The van der Waals surface area contributed by atoms with Crippen molar-refractivity contribution in [3.05, 3.63) is 72.3 Å². The second kappa shape index (κ2) is 24.2. The Morgan fingerprint density at radius 2 is 0.921 bits per heavy atom. The van der Waals surface area contributed by atoms with Gasteiger partial charge in [-0.3, -0.25) is 0 Å². The van der Waals surface area contributed by atoms with Gasteiger partial charge in [0.2, 0.25) is 0 Å². The summed E-state index contributed by atoms with van der Waals surface area (Å²) in [5, 5.41) is 0. The van der Waals surface area contributed by atoms with Gasteiger partial charge in [-0.2, -0.15) is 0 Å². The molecule has 2 aromatic carbocycles. The highest BCUT2D eigenvalue weighted by molar-refractivity contribution is 5.68. The average Bonchev–Trinajstić information content (AvgIpc) is 2.99. The number of aryl methyl sites for hydroxylation is 1. The first-order valence-corrected chi connectivity index (χ1v) is 16.2. The summed E-state index contributed by atoms with van der Waals surface area (Å²) < 4.78 is 0. The third kappa shape index (κ3) is 13.3. The van der Waals surface area contributed by atoms with Gasteiger partial charge in [0, 0.05) is 0 Å². The molecule has 2 saturated carbocycles. The van der Waals surface area contributed by atoms with Crippen LogP contribution in [0.5, 0.6) is 0 Å². The second-order valence-electron chi connectivity index (χ2n) is 10.3. The van der Waals surface area contributed by atoms with Crippen LogP contribution in [0.15, 0.2) is 55.6 Å². The summed E-state index contributed by atoms with van der Waals surface area (Å²) in [6.45, 7) is 29.3. The van der Waals surface area contributed by atoms with Crippen molar-refractivity contribution in [1.82, 2.24) is 0 Å². The van der Waals surface area contributed by atoms with Gasteiger partial charge < -0.3 is 0 Å². The van der Waals surface area contributed by atoms with Gasteiger partial charge in [-0.1, -0.05) is 144 Å². The SMILES string of the molecule is C=C.CC.CC.CC.CCC.Cc1cc(C2CCC(C)CC2)ccc1-c1ccc(C2CCC(C)CC2)cc1. The molecule has 2 aromatic rings. The minimum atomic E-state index is 0.782. The molecule has 0 amide bonds. The highest BCUT2D eigenvalue weighted by Gasteiger charge is 2.21. The van der Waals surface area contributed by atoms with E-state index in [-0.39, 0.29) is 0 Å². The second-order valence-corrected chi connectivity index (χ2v) is 10.3. The topological polar surface area (TPSA) is 0 Å². The van der Waals surface area contributed by atoms with Crippen LogP contribution in [0.3, 0.4) is 0 Å². The molecule has 0 heterocycles. The average molecular weight is 523 g/mol. The summed E-state index contributed by atoms with van der Waals surface area (Å²) in [5.74, 6) is 3.42.